The van der Waals surface area contributed by atoms with Gasteiger partial charge in [-0.25, -0.2) is 0 Å². The fourth-order valence-corrected chi connectivity index (χ4v) is 1.49. The molecule has 0 saturated carbocycles. The molecule has 86 valence electrons. The van der Waals surface area contributed by atoms with Gasteiger partial charge in [-0.3, -0.25) is 0 Å². The van der Waals surface area contributed by atoms with Crippen LogP contribution in [0.5, 0.6) is 0 Å². The first-order valence-corrected chi connectivity index (χ1v) is 8.88. The van der Waals surface area contributed by atoms with E-state index in [1.807, 2.05) is 12.3 Å². The molecule has 15 heavy (non-hydrogen) atoms. The van der Waals surface area contributed by atoms with Crippen molar-refractivity contribution in [2.75, 3.05) is 0 Å². The van der Waals surface area contributed by atoms with Gasteiger partial charge < -0.3 is 4.43 Å². The van der Waals surface area contributed by atoms with Crippen molar-refractivity contribution in [2.24, 2.45) is 0 Å². The Hall–Kier alpha value is -0.763. The second-order valence-electron chi connectivity index (χ2n) is 4.95. The van der Waals surface area contributed by atoms with E-state index in [4.69, 9.17) is 4.43 Å². The van der Waals surface area contributed by atoms with Crippen molar-refractivity contribution < 1.29 is 4.43 Å². The Morgan fingerprint density at radius 3 is 2.27 bits per heavy atom. The minimum Gasteiger partial charge on any atom is -0.549 e. The van der Waals surface area contributed by atoms with Gasteiger partial charge >= 0.3 is 0 Å². The monoisotopic (exact) mass is 224 g/mol. The molecule has 0 spiro atoms. The van der Waals surface area contributed by atoms with E-state index in [2.05, 4.69) is 46.1 Å². The van der Waals surface area contributed by atoms with Crippen LogP contribution in [0.1, 0.15) is 26.7 Å². The van der Waals surface area contributed by atoms with E-state index >= 15 is 0 Å². The van der Waals surface area contributed by atoms with Crippen molar-refractivity contribution in [1.29, 1.82) is 0 Å². The van der Waals surface area contributed by atoms with Crippen molar-refractivity contribution in [3.8, 4) is 0 Å². The highest BCUT2D eigenvalue weighted by molar-refractivity contribution is 6.69. The normalized spacial score (nSPS) is 12.2. The molecule has 0 saturated heterocycles. The third kappa shape index (κ3) is 9.54. The zero-order valence-electron chi connectivity index (χ0n) is 10.8. The van der Waals surface area contributed by atoms with Crippen LogP contribution in [0.2, 0.25) is 19.6 Å². The highest BCUT2D eigenvalue weighted by atomic mass is 28.4. The molecule has 0 N–H and O–H groups in total. The Bertz CT molecular complexity index is 252. The SMILES string of the molecule is C=CC(=CO[Si](C)(C)C)CCC=C(C)C. The van der Waals surface area contributed by atoms with Gasteiger partial charge in [0.05, 0.1) is 6.26 Å². The number of hydrogen-bond donors (Lipinski definition) is 0. The molecule has 0 aromatic heterocycles. The van der Waals surface area contributed by atoms with Gasteiger partial charge in [0.15, 0.2) is 0 Å². The lowest BCUT2D eigenvalue weighted by atomic mass is 10.1. The summed E-state index contributed by atoms with van der Waals surface area (Å²) < 4.78 is 5.72. The molecule has 0 rings (SSSR count). The molecule has 0 bridgehead atoms. The van der Waals surface area contributed by atoms with Crippen LogP contribution in [0, 0.1) is 0 Å². The first-order valence-electron chi connectivity index (χ1n) is 5.48. The second-order valence-corrected chi connectivity index (χ2v) is 9.41. The van der Waals surface area contributed by atoms with Crippen molar-refractivity contribution in [3.63, 3.8) is 0 Å². The molecule has 0 radical (unpaired) electrons. The first-order chi connectivity index (χ1) is 6.85. The van der Waals surface area contributed by atoms with E-state index in [0.717, 1.165) is 12.8 Å². The van der Waals surface area contributed by atoms with Crippen molar-refractivity contribution in [1.82, 2.24) is 0 Å². The molecule has 0 aliphatic rings. The average molecular weight is 224 g/mol. The Labute approximate surface area is 95.7 Å². The Kier molecular flexibility index (Phi) is 6.33. The molecule has 0 aromatic rings. The molecule has 0 unspecified atom stereocenters. The summed E-state index contributed by atoms with van der Waals surface area (Å²) >= 11 is 0. The second kappa shape index (κ2) is 6.67. The molecule has 0 aliphatic carbocycles. The zero-order valence-corrected chi connectivity index (χ0v) is 11.8. The topological polar surface area (TPSA) is 9.23 Å². The highest BCUT2D eigenvalue weighted by Gasteiger charge is 2.13. The third-order valence-electron chi connectivity index (χ3n) is 1.81. The van der Waals surface area contributed by atoms with Gasteiger partial charge in [0.1, 0.15) is 0 Å². The van der Waals surface area contributed by atoms with Crippen molar-refractivity contribution in [2.45, 2.75) is 46.3 Å². The van der Waals surface area contributed by atoms with Gasteiger partial charge in [-0.15, -0.1) is 0 Å². The molecule has 0 amide bonds. The molecular formula is C13H24OSi. The number of rotatable bonds is 6. The standard InChI is InChI=1S/C13H24OSi/c1-7-13(10-8-9-12(2)3)11-14-15(4,5)6/h7,9,11H,1,8,10H2,2-6H3. The Morgan fingerprint density at radius 2 is 1.87 bits per heavy atom. The molecule has 1 nitrogen and oxygen atoms in total. The lowest BCUT2D eigenvalue weighted by molar-refractivity contribution is 0.473. The number of allylic oxidation sites excluding steroid dienone is 4. The highest BCUT2D eigenvalue weighted by Crippen LogP contribution is 2.11. The van der Waals surface area contributed by atoms with Crippen LogP contribution in [0.15, 0.2) is 36.1 Å². The van der Waals surface area contributed by atoms with E-state index in [1.54, 1.807) is 0 Å². The van der Waals surface area contributed by atoms with Crippen LogP contribution >= 0.6 is 0 Å². The summed E-state index contributed by atoms with van der Waals surface area (Å²) in [4.78, 5) is 0. The molecule has 0 fully saturated rings. The average Bonchev–Trinajstić information content (AvgIpc) is 2.08. The van der Waals surface area contributed by atoms with E-state index < -0.39 is 8.32 Å². The summed E-state index contributed by atoms with van der Waals surface area (Å²) in [5.74, 6) is 0. The van der Waals surface area contributed by atoms with Crippen LogP contribution in [0.25, 0.3) is 0 Å². The van der Waals surface area contributed by atoms with Gasteiger partial charge in [0.25, 0.3) is 0 Å². The minimum atomic E-state index is -1.44. The fraction of sp³-hybridized carbons (Fsp3) is 0.538. The summed E-state index contributed by atoms with van der Waals surface area (Å²) in [5.41, 5.74) is 2.56. The van der Waals surface area contributed by atoms with Gasteiger partial charge in [0.2, 0.25) is 8.32 Å². The predicted molar refractivity (Wildman–Crippen MR) is 71.4 cm³/mol. The maximum absolute atomic E-state index is 5.72. The van der Waals surface area contributed by atoms with E-state index in [9.17, 15) is 0 Å². The molecule has 0 aliphatic heterocycles. The van der Waals surface area contributed by atoms with Crippen LogP contribution in [0.4, 0.5) is 0 Å². The van der Waals surface area contributed by atoms with Crippen LogP contribution < -0.4 is 0 Å². The lowest BCUT2D eigenvalue weighted by Crippen LogP contribution is -2.22. The fourth-order valence-electron chi connectivity index (χ4n) is 0.989. The predicted octanol–water partition coefficient (Wildman–Crippen LogP) is 4.65. The summed E-state index contributed by atoms with van der Waals surface area (Å²) in [5, 5.41) is 0. The Balaban J connectivity index is 4.14. The van der Waals surface area contributed by atoms with Crippen LogP contribution in [-0.2, 0) is 4.43 Å². The summed E-state index contributed by atoms with van der Waals surface area (Å²) in [6.07, 6.45) is 8.09. The smallest absolute Gasteiger partial charge is 0.241 e. The molecule has 0 atom stereocenters. The van der Waals surface area contributed by atoms with E-state index in [1.165, 1.54) is 11.1 Å². The lowest BCUT2D eigenvalue weighted by Gasteiger charge is -2.16. The molecule has 0 aromatic carbocycles. The van der Waals surface area contributed by atoms with Crippen molar-refractivity contribution in [3.05, 3.63) is 36.1 Å². The summed E-state index contributed by atoms with van der Waals surface area (Å²) in [6.45, 7) is 14.6. The molecule has 2 heteroatoms. The molecular weight excluding hydrogens is 200 g/mol. The Morgan fingerprint density at radius 1 is 1.27 bits per heavy atom. The van der Waals surface area contributed by atoms with Gasteiger partial charge in [-0.2, -0.15) is 0 Å². The van der Waals surface area contributed by atoms with Crippen LogP contribution in [0.3, 0.4) is 0 Å². The molecule has 0 heterocycles. The largest absolute Gasteiger partial charge is 0.549 e. The van der Waals surface area contributed by atoms with Gasteiger partial charge in [0, 0.05) is 0 Å². The van der Waals surface area contributed by atoms with Gasteiger partial charge in [-0.05, 0) is 51.9 Å². The summed E-state index contributed by atoms with van der Waals surface area (Å²) in [6, 6.07) is 0. The van der Waals surface area contributed by atoms with Crippen LogP contribution in [-0.4, -0.2) is 8.32 Å². The van der Waals surface area contributed by atoms with Crippen molar-refractivity contribution >= 4 is 8.32 Å². The maximum Gasteiger partial charge on any atom is 0.241 e. The maximum atomic E-state index is 5.72. The zero-order chi connectivity index (χ0) is 11.9. The minimum absolute atomic E-state index is 1.01. The van der Waals surface area contributed by atoms with Gasteiger partial charge in [-0.1, -0.05) is 24.3 Å². The van der Waals surface area contributed by atoms with E-state index in [0.29, 0.717) is 0 Å². The third-order valence-corrected chi connectivity index (χ3v) is 2.64. The van der Waals surface area contributed by atoms with E-state index in [-0.39, 0.29) is 0 Å². The number of hydrogen-bond acceptors (Lipinski definition) is 1. The first kappa shape index (κ1) is 14.2. The summed E-state index contributed by atoms with van der Waals surface area (Å²) in [7, 11) is -1.44. The quantitative estimate of drug-likeness (QED) is 0.276.